The van der Waals surface area contributed by atoms with E-state index in [1.165, 1.54) is 0 Å². The number of rotatable bonds is 2. The minimum absolute atomic E-state index is 0.468. The minimum Gasteiger partial charge on any atom is -0.145 e. The largest absolute Gasteiger partial charge is 0.145 e. The SMILES string of the molecule is O=Nc1ccccc1-c1cccc2c(Br)cccc12. The van der Waals surface area contributed by atoms with E-state index in [1.807, 2.05) is 42.5 Å². The maximum Gasteiger partial charge on any atom is 0.115 e. The second-order valence-corrected chi connectivity index (χ2v) is 5.10. The van der Waals surface area contributed by atoms with Gasteiger partial charge in [0.05, 0.1) is 0 Å². The molecule has 0 saturated heterocycles. The van der Waals surface area contributed by atoms with Gasteiger partial charge in [0.25, 0.3) is 0 Å². The quantitative estimate of drug-likeness (QED) is 0.561. The number of hydrogen-bond donors (Lipinski definition) is 0. The molecule has 19 heavy (non-hydrogen) atoms. The molecule has 3 heteroatoms. The maximum absolute atomic E-state index is 10.9. The van der Waals surface area contributed by atoms with Crippen LogP contribution in [0.2, 0.25) is 0 Å². The molecule has 0 aliphatic heterocycles. The zero-order chi connectivity index (χ0) is 13.2. The lowest BCUT2D eigenvalue weighted by atomic mass is 9.97. The number of nitrogens with zero attached hydrogens (tertiary/aromatic N) is 1. The van der Waals surface area contributed by atoms with Crippen LogP contribution < -0.4 is 0 Å². The molecular formula is C16H10BrNO. The van der Waals surface area contributed by atoms with Crippen molar-refractivity contribution in [2.24, 2.45) is 5.18 Å². The average Bonchev–Trinajstić information content (AvgIpc) is 2.47. The Labute approximate surface area is 119 Å². The Morgan fingerprint density at radius 2 is 1.42 bits per heavy atom. The van der Waals surface area contributed by atoms with Crippen LogP contribution in [0.25, 0.3) is 21.9 Å². The Kier molecular flexibility index (Phi) is 3.13. The molecular weight excluding hydrogens is 302 g/mol. The molecule has 0 saturated carbocycles. The fourth-order valence-electron chi connectivity index (χ4n) is 2.29. The molecule has 0 radical (unpaired) electrons. The molecule has 3 aromatic rings. The van der Waals surface area contributed by atoms with E-state index in [0.29, 0.717) is 5.69 Å². The predicted molar refractivity (Wildman–Crippen MR) is 82.5 cm³/mol. The first kappa shape index (κ1) is 12.1. The van der Waals surface area contributed by atoms with E-state index in [4.69, 9.17) is 0 Å². The van der Waals surface area contributed by atoms with Crippen molar-refractivity contribution in [3.63, 3.8) is 0 Å². The number of halogens is 1. The van der Waals surface area contributed by atoms with E-state index >= 15 is 0 Å². The molecule has 0 fully saturated rings. The molecule has 0 amide bonds. The second-order valence-electron chi connectivity index (χ2n) is 4.25. The lowest BCUT2D eigenvalue weighted by Crippen LogP contribution is -1.82. The van der Waals surface area contributed by atoms with Gasteiger partial charge < -0.3 is 0 Å². The summed E-state index contributed by atoms with van der Waals surface area (Å²) in [4.78, 5) is 10.9. The Balaban J connectivity index is 2.37. The van der Waals surface area contributed by atoms with Crippen molar-refractivity contribution in [2.45, 2.75) is 0 Å². The van der Waals surface area contributed by atoms with E-state index in [9.17, 15) is 4.91 Å². The van der Waals surface area contributed by atoms with Crippen LogP contribution in [0.15, 0.2) is 70.3 Å². The van der Waals surface area contributed by atoms with Gasteiger partial charge in [-0.15, -0.1) is 4.91 Å². The number of hydrogen-bond acceptors (Lipinski definition) is 2. The first-order chi connectivity index (χ1) is 9.31. The normalized spacial score (nSPS) is 10.6. The van der Waals surface area contributed by atoms with Crippen LogP contribution in [0.5, 0.6) is 0 Å². The molecule has 0 aromatic heterocycles. The average molecular weight is 312 g/mol. The van der Waals surface area contributed by atoms with E-state index in [2.05, 4.69) is 33.2 Å². The van der Waals surface area contributed by atoms with E-state index < -0.39 is 0 Å². The van der Waals surface area contributed by atoms with Crippen LogP contribution in [-0.2, 0) is 0 Å². The standard InChI is InChI=1S/C16H10BrNO/c17-15-9-4-7-11-12(6-3-8-13(11)15)14-5-1-2-10-16(14)18-19/h1-10H. The van der Waals surface area contributed by atoms with Crippen molar-refractivity contribution < 1.29 is 0 Å². The van der Waals surface area contributed by atoms with E-state index in [1.54, 1.807) is 6.07 Å². The van der Waals surface area contributed by atoms with Crippen molar-refractivity contribution >= 4 is 32.4 Å². The van der Waals surface area contributed by atoms with E-state index in [0.717, 1.165) is 26.4 Å². The van der Waals surface area contributed by atoms with Crippen molar-refractivity contribution in [3.05, 3.63) is 70.0 Å². The Hall–Kier alpha value is -2.00. The molecule has 0 bridgehead atoms. The highest BCUT2D eigenvalue weighted by atomic mass is 79.9. The molecule has 0 N–H and O–H groups in total. The van der Waals surface area contributed by atoms with Gasteiger partial charge in [0, 0.05) is 10.0 Å². The van der Waals surface area contributed by atoms with Crippen LogP contribution in [0.1, 0.15) is 0 Å². The monoisotopic (exact) mass is 311 g/mol. The molecule has 0 aliphatic carbocycles. The fraction of sp³-hybridized carbons (Fsp3) is 0. The highest BCUT2D eigenvalue weighted by Gasteiger charge is 2.09. The molecule has 3 aromatic carbocycles. The minimum atomic E-state index is 0.468. The molecule has 0 heterocycles. The third kappa shape index (κ3) is 2.06. The Morgan fingerprint density at radius 1 is 0.737 bits per heavy atom. The topological polar surface area (TPSA) is 29.4 Å². The first-order valence-corrected chi connectivity index (χ1v) is 6.70. The van der Waals surface area contributed by atoms with E-state index in [-0.39, 0.29) is 0 Å². The highest BCUT2D eigenvalue weighted by molar-refractivity contribution is 9.10. The van der Waals surface area contributed by atoms with Crippen molar-refractivity contribution in [3.8, 4) is 11.1 Å². The van der Waals surface area contributed by atoms with Gasteiger partial charge in [-0.3, -0.25) is 0 Å². The third-order valence-electron chi connectivity index (χ3n) is 3.16. The third-order valence-corrected chi connectivity index (χ3v) is 3.85. The maximum atomic E-state index is 10.9. The first-order valence-electron chi connectivity index (χ1n) is 5.91. The zero-order valence-electron chi connectivity index (χ0n) is 10.0. The second kappa shape index (κ2) is 4.94. The van der Waals surface area contributed by atoms with Crippen molar-refractivity contribution in [2.75, 3.05) is 0 Å². The Bertz CT molecular complexity index is 768. The summed E-state index contributed by atoms with van der Waals surface area (Å²) < 4.78 is 1.04. The summed E-state index contributed by atoms with van der Waals surface area (Å²) in [5, 5.41) is 5.34. The van der Waals surface area contributed by atoms with Crippen LogP contribution in [-0.4, -0.2) is 0 Å². The van der Waals surface area contributed by atoms with Crippen LogP contribution in [0.3, 0.4) is 0 Å². The van der Waals surface area contributed by atoms with Gasteiger partial charge in [-0.25, -0.2) is 0 Å². The summed E-state index contributed by atoms with van der Waals surface area (Å²) in [6.07, 6.45) is 0. The molecule has 0 aliphatic rings. The van der Waals surface area contributed by atoms with Gasteiger partial charge in [-0.2, -0.15) is 0 Å². The van der Waals surface area contributed by atoms with Crippen LogP contribution in [0, 0.1) is 4.91 Å². The smallest absolute Gasteiger partial charge is 0.115 e. The van der Waals surface area contributed by atoms with Crippen molar-refractivity contribution in [1.29, 1.82) is 0 Å². The molecule has 3 rings (SSSR count). The number of nitroso groups, excluding NO2 is 1. The van der Waals surface area contributed by atoms with Gasteiger partial charge >= 0.3 is 0 Å². The summed E-state index contributed by atoms with van der Waals surface area (Å²) in [5.41, 5.74) is 2.35. The van der Waals surface area contributed by atoms with Gasteiger partial charge in [-0.05, 0) is 33.6 Å². The fourth-order valence-corrected chi connectivity index (χ4v) is 2.79. The van der Waals surface area contributed by atoms with Crippen LogP contribution in [0.4, 0.5) is 5.69 Å². The number of benzene rings is 3. The molecule has 92 valence electrons. The molecule has 0 spiro atoms. The summed E-state index contributed by atoms with van der Waals surface area (Å²) in [7, 11) is 0. The predicted octanol–water partition coefficient (Wildman–Crippen LogP) is 5.67. The molecule has 0 atom stereocenters. The zero-order valence-corrected chi connectivity index (χ0v) is 11.6. The lowest BCUT2D eigenvalue weighted by Gasteiger charge is -2.09. The summed E-state index contributed by atoms with van der Waals surface area (Å²) in [6.45, 7) is 0. The molecule has 2 nitrogen and oxygen atoms in total. The van der Waals surface area contributed by atoms with Crippen LogP contribution >= 0.6 is 15.9 Å². The molecule has 0 unspecified atom stereocenters. The lowest BCUT2D eigenvalue weighted by molar-refractivity contribution is 1.49. The van der Waals surface area contributed by atoms with Gasteiger partial charge in [0.1, 0.15) is 5.69 Å². The van der Waals surface area contributed by atoms with Gasteiger partial charge in [-0.1, -0.05) is 64.5 Å². The summed E-state index contributed by atoms with van der Waals surface area (Å²) >= 11 is 3.55. The number of fused-ring (bicyclic) bond motifs is 1. The van der Waals surface area contributed by atoms with Crippen molar-refractivity contribution in [1.82, 2.24) is 0 Å². The van der Waals surface area contributed by atoms with Gasteiger partial charge in [0.15, 0.2) is 0 Å². The Morgan fingerprint density at radius 3 is 2.26 bits per heavy atom. The van der Waals surface area contributed by atoms with Gasteiger partial charge in [0.2, 0.25) is 0 Å². The summed E-state index contributed by atoms with van der Waals surface area (Å²) in [5.74, 6) is 0. The highest BCUT2D eigenvalue weighted by Crippen LogP contribution is 2.36. The summed E-state index contributed by atoms with van der Waals surface area (Å²) in [6, 6.07) is 19.5.